The Morgan fingerprint density at radius 2 is 1.93 bits per heavy atom. The Hall–Kier alpha value is -3.80. The number of rotatable bonds is 6. The Kier molecular flexibility index (Phi) is 5.42. The average Bonchev–Trinajstić information content (AvgIpc) is 3.19. The molecule has 6 heteroatoms. The van der Waals surface area contributed by atoms with E-state index in [0.717, 1.165) is 22.0 Å². The molecular weight excluding hydrogens is 364 g/mol. The lowest BCUT2D eigenvalue weighted by Crippen LogP contribution is -2.32. The van der Waals surface area contributed by atoms with Gasteiger partial charge in [-0.1, -0.05) is 36.4 Å². The van der Waals surface area contributed by atoms with Crippen LogP contribution in [0.4, 0.5) is 10.5 Å². The highest BCUT2D eigenvalue weighted by atomic mass is 16.5. The fourth-order valence-electron chi connectivity index (χ4n) is 3.48. The van der Waals surface area contributed by atoms with Gasteiger partial charge in [0, 0.05) is 42.0 Å². The molecule has 4 aromatic rings. The van der Waals surface area contributed by atoms with Crippen LogP contribution in [-0.2, 0) is 0 Å². The number of hydrogen-bond acceptors (Lipinski definition) is 3. The highest BCUT2D eigenvalue weighted by Gasteiger charge is 2.19. The molecule has 0 fully saturated rings. The Labute approximate surface area is 168 Å². The second kappa shape index (κ2) is 8.48. The lowest BCUT2D eigenvalue weighted by atomic mass is 9.92. The molecule has 0 saturated heterocycles. The molecule has 0 bridgehead atoms. The molecule has 0 saturated carbocycles. The predicted octanol–water partition coefficient (Wildman–Crippen LogP) is 4.53. The smallest absolute Gasteiger partial charge is 0.319 e. The van der Waals surface area contributed by atoms with E-state index in [1.807, 2.05) is 54.9 Å². The number of carbonyl (C=O) groups excluding carboxylic acids is 1. The molecule has 2 aromatic carbocycles. The largest absolute Gasteiger partial charge is 0.495 e. The van der Waals surface area contributed by atoms with Gasteiger partial charge in [0.2, 0.25) is 0 Å². The lowest BCUT2D eigenvalue weighted by molar-refractivity contribution is 0.251. The Bertz CT molecular complexity index is 1110. The van der Waals surface area contributed by atoms with E-state index in [1.165, 1.54) is 0 Å². The number of aromatic amines is 1. The summed E-state index contributed by atoms with van der Waals surface area (Å²) < 4.78 is 5.29. The molecule has 1 atom stereocenters. The number of nitrogens with zero attached hydrogens (tertiary/aromatic N) is 1. The van der Waals surface area contributed by atoms with E-state index in [1.54, 1.807) is 25.4 Å². The summed E-state index contributed by atoms with van der Waals surface area (Å²) >= 11 is 0. The third kappa shape index (κ3) is 4.06. The number of hydrogen-bond donors (Lipinski definition) is 3. The minimum Gasteiger partial charge on any atom is -0.495 e. The van der Waals surface area contributed by atoms with E-state index in [-0.39, 0.29) is 11.9 Å². The Morgan fingerprint density at radius 3 is 2.76 bits per heavy atom. The first-order valence-electron chi connectivity index (χ1n) is 9.40. The van der Waals surface area contributed by atoms with E-state index >= 15 is 0 Å². The quantitative estimate of drug-likeness (QED) is 0.456. The van der Waals surface area contributed by atoms with Crippen LogP contribution in [0.3, 0.4) is 0 Å². The van der Waals surface area contributed by atoms with E-state index < -0.39 is 0 Å². The van der Waals surface area contributed by atoms with Crippen molar-refractivity contribution in [2.24, 2.45) is 0 Å². The molecule has 0 radical (unpaired) electrons. The van der Waals surface area contributed by atoms with Crippen LogP contribution in [0.1, 0.15) is 17.0 Å². The van der Waals surface area contributed by atoms with Gasteiger partial charge in [0.05, 0.1) is 12.8 Å². The molecule has 1 unspecified atom stereocenters. The SMILES string of the molecule is COc1ccccc1NC(=O)NCC(c1cccnc1)c1c[nH]c2ccccc12. The minimum absolute atomic E-state index is 0.0386. The van der Waals surface area contributed by atoms with Crippen LogP contribution >= 0.6 is 0 Å². The summed E-state index contributed by atoms with van der Waals surface area (Å²) in [5, 5.41) is 6.97. The molecule has 4 rings (SSSR count). The second-order valence-electron chi connectivity index (χ2n) is 6.66. The van der Waals surface area contributed by atoms with Crippen LogP contribution in [-0.4, -0.2) is 29.7 Å². The fraction of sp³-hybridized carbons (Fsp3) is 0.130. The molecular formula is C23H22N4O2. The fourth-order valence-corrected chi connectivity index (χ4v) is 3.48. The van der Waals surface area contributed by atoms with Crippen molar-refractivity contribution in [1.82, 2.24) is 15.3 Å². The average molecular weight is 386 g/mol. The topological polar surface area (TPSA) is 79.0 Å². The number of amides is 2. The zero-order chi connectivity index (χ0) is 20.1. The molecule has 6 nitrogen and oxygen atoms in total. The van der Waals surface area contributed by atoms with Crippen molar-refractivity contribution in [3.63, 3.8) is 0 Å². The molecule has 146 valence electrons. The summed E-state index contributed by atoms with van der Waals surface area (Å²) in [7, 11) is 1.58. The van der Waals surface area contributed by atoms with Crippen molar-refractivity contribution in [2.75, 3.05) is 19.0 Å². The van der Waals surface area contributed by atoms with Gasteiger partial charge in [-0.25, -0.2) is 4.79 Å². The number of pyridine rings is 1. The highest BCUT2D eigenvalue weighted by molar-refractivity contribution is 5.91. The summed E-state index contributed by atoms with van der Waals surface area (Å²) in [6.45, 7) is 0.425. The standard InChI is InChI=1S/C23H22N4O2/c1-29-22-11-5-4-10-21(22)27-23(28)26-14-18(16-7-6-12-24-13-16)19-15-25-20-9-3-2-8-17(19)20/h2-13,15,18,25H,14H2,1H3,(H2,26,27,28). The van der Waals surface area contributed by atoms with Crippen molar-refractivity contribution < 1.29 is 9.53 Å². The molecule has 2 amide bonds. The molecule has 3 N–H and O–H groups in total. The van der Waals surface area contributed by atoms with Crippen LogP contribution in [0.25, 0.3) is 10.9 Å². The Balaban J connectivity index is 1.56. The number of aromatic nitrogens is 2. The summed E-state index contributed by atoms with van der Waals surface area (Å²) in [5.74, 6) is 0.575. The number of para-hydroxylation sites is 3. The lowest BCUT2D eigenvalue weighted by Gasteiger charge is -2.18. The van der Waals surface area contributed by atoms with Crippen LogP contribution < -0.4 is 15.4 Å². The van der Waals surface area contributed by atoms with Gasteiger partial charge in [-0.3, -0.25) is 4.98 Å². The van der Waals surface area contributed by atoms with Crippen LogP contribution in [0.2, 0.25) is 0 Å². The number of carbonyl (C=O) groups is 1. The summed E-state index contributed by atoms with van der Waals surface area (Å²) in [6, 6.07) is 19.1. The number of benzene rings is 2. The molecule has 0 aliphatic heterocycles. The maximum absolute atomic E-state index is 12.5. The van der Waals surface area contributed by atoms with Crippen LogP contribution in [0.15, 0.2) is 79.3 Å². The maximum atomic E-state index is 12.5. The van der Waals surface area contributed by atoms with Gasteiger partial charge >= 0.3 is 6.03 Å². The first-order valence-corrected chi connectivity index (χ1v) is 9.40. The van der Waals surface area contributed by atoms with Gasteiger partial charge in [-0.05, 0) is 35.4 Å². The zero-order valence-electron chi connectivity index (χ0n) is 16.1. The number of fused-ring (bicyclic) bond motifs is 1. The van der Waals surface area contributed by atoms with Gasteiger partial charge in [0.15, 0.2) is 0 Å². The van der Waals surface area contributed by atoms with Crippen molar-refractivity contribution in [3.05, 3.63) is 90.4 Å². The highest BCUT2D eigenvalue weighted by Crippen LogP contribution is 2.30. The van der Waals surface area contributed by atoms with Crippen molar-refractivity contribution >= 4 is 22.6 Å². The first kappa shape index (κ1) is 18.6. The summed E-state index contributed by atoms with van der Waals surface area (Å²) in [6.07, 6.45) is 5.59. The third-order valence-electron chi connectivity index (χ3n) is 4.91. The maximum Gasteiger partial charge on any atom is 0.319 e. The van der Waals surface area contributed by atoms with Crippen LogP contribution in [0.5, 0.6) is 5.75 Å². The Morgan fingerprint density at radius 1 is 1.10 bits per heavy atom. The van der Waals surface area contributed by atoms with Crippen LogP contribution in [0, 0.1) is 0 Å². The van der Waals surface area contributed by atoms with Gasteiger partial charge in [-0.15, -0.1) is 0 Å². The van der Waals surface area contributed by atoms with E-state index in [4.69, 9.17) is 4.74 Å². The number of nitrogens with one attached hydrogen (secondary N) is 3. The van der Waals surface area contributed by atoms with E-state index in [0.29, 0.717) is 18.0 Å². The normalized spacial score (nSPS) is 11.8. The zero-order valence-corrected chi connectivity index (χ0v) is 16.1. The van der Waals surface area contributed by atoms with Crippen molar-refractivity contribution in [3.8, 4) is 5.75 Å². The monoisotopic (exact) mass is 386 g/mol. The van der Waals surface area contributed by atoms with Gasteiger partial charge in [0.25, 0.3) is 0 Å². The van der Waals surface area contributed by atoms with Gasteiger partial charge in [0.1, 0.15) is 5.75 Å². The van der Waals surface area contributed by atoms with Gasteiger partial charge < -0.3 is 20.4 Å². The molecule has 0 spiro atoms. The number of urea groups is 1. The number of ether oxygens (including phenoxy) is 1. The summed E-state index contributed by atoms with van der Waals surface area (Å²) in [5.41, 5.74) is 3.84. The van der Waals surface area contributed by atoms with Gasteiger partial charge in [-0.2, -0.15) is 0 Å². The second-order valence-corrected chi connectivity index (χ2v) is 6.66. The molecule has 29 heavy (non-hydrogen) atoms. The number of methoxy groups -OCH3 is 1. The molecule has 2 aromatic heterocycles. The number of anilines is 1. The summed E-state index contributed by atoms with van der Waals surface area (Å²) in [4.78, 5) is 20.1. The third-order valence-corrected chi connectivity index (χ3v) is 4.91. The molecule has 0 aliphatic rings. The van der Waals surface area contributed by atoms with E-state index in [2.05, 4.69) is 26.7 Å². The molecule has 2 heterocycles. The molecule has 0 aliphatic carbocycles. The first-order chi connectivity index (χ1) is 14.3. The van der Waals surface area contributed by atoms with E-state index in [9.17, 15) is 4.79 Å². The minimum atomic E-state index is -0.289. The van der Waals surface area contributed by atoms with Crippen molar-refractivity contribution in [1.29, 1.82) is 0 Å². The van der Waals surface area contributed by atoms with Crippen molar-refractivity contribution in [2.45, 2.75) is 5.92 Å². The predicted molar refractivity (Wildman–Crippen MR) is 114 cm³/mol. The number of H-pyrrole nitrogens is 1.